The maximum absolute atomic E-state index is 5.83. The van der Waals surface area contributed by atoms with Gasteiger partial charge in [-0.25, -0.2) is 0 Å². The van der Waals surface area contributed by atoms with Crippen molar-refractivity contribution in [2.24, 2.45) is 5.73 Å². The van der Waals surface area contributed by atoms with E-state index in [1.165, 1.54) is 5.56 Å². The summed E-state index contributed by atoms with van der Waals surface area (Å²) in [5, 5.41) is 0.420. The fourth-order valence-electron chi connectivity index (χ4n) is 1.01. The molecule has 1 aromatic rings. The fourth-order valence-corrected chi connectivity index (χ4v) is 2.00. The van der Waals surface area contributed by atoms with Crippen LogP contribution in [-0.4, -0.2) is 11.8 Å². The Morgan fingerprint density at radius 3 is 2.77 bits per heavy atom. The van der Waals surface area contributed by atoms with E-state index in [4.69, 9.17) is 11.5 Å². The number of hydrogen-bond donors (Lipinski definition) is 2. The van der Waals surface area contributed by atoms with Gasteiger partial charge in [0.25, 0.3) is 0 Å². The van der Waals surface area contributed by atoms with Crippen molar-refractivity contribution in [1.82, 2.24) is 0 Å². The lowest BCUT2D eigenvalue weighted by Gasteiger charge is -2.10. The summed E-state index contributed by atoms with van der Waals surface area (Å²) in [4.78, 5) is 1.14. The number of thioether (sulfide) groups is 1. The normalized spacial score (nSPS) is 12.8. The predicted molar refractivity (Wildman–Crippen MR) is 60.0 cm³/mol. The molecule has 0 fully saturated rings. The molecule has 0 bridgehead atoms. The molecule has 0 heterocycles. The SMILES string of the molecule is Cc1ccc(N)c(SC(C)CN)c1. The van der Waals surface area contributed by atoms with E-state index in [9.17, 15) is 0 Å². The second-order valence-electron chi connectivity index (χ2n) is 3.21. The van der Waals surface area contributed by atoms with Crippen molar-refractivity contribution >= 4 is 17.4 Å². The van der Waals surface area contributed by atoms with Crippen molar-refractivity contribution in [3.05, 3.63) is 23.8 Å². The van der Waals surface area contributed by atoms with Gasteiger partial charge in [-0.3, -0.25) is 0 Å². The molecule has 1 unspecified atom stereocenters. The fraction of sp³-hybridized carbons (Fsp3) is 0.400. The van der Waals surface area contributed by atoms with E-state index < -0.39 is 0 Å². The Kier molecular flexibility index (Phi) is 3.63. The second kappa shape index (κ2) is 4.53. The van der Waals surface area contributed by atoms with Crippen LogP contribution in [0.25, 0.3) is 0 Å². The van der Waals surface area contributed by atoms with Gasteiger partial charge in [0.15, 0.2) is 0 Å². The Balaban J connectivity index is 2.81. The Hall–Kier alpha value is -0.670. The number of anilines is 1. The number of hydrogen-bond acceptors (Lipinski definition) is 3. The number of nitrogens with two attached hydrogens (primary N) is 2. The van der Waals surface area contributed by atoms with Crippen LogP contribution in [0.2, 0.25) is 0 Å². The van der Waals surface area contributed by atoms with Gasteiger partial charge in [-0.15, -0.1) is 11.8 Å². The minimum absolute atomic E-state index is 0.420. The first-order chi connectivity index (χ1) is 6.13. The predicted octanol–water partition coefficient (Wildman–Crippen LogP) is 2.02. The molecule has 13 heavy (non-hydrogen) atoms. The summed E-state index contributed by atoms with van der Waals surface area (Å²) >= 11 is 1.73. The summed E-state index contributed by atoms with van der Waals surface area (Å²) in [5.74, 6) is 0. The summed E-state index contributed by atoms with van der Waals surface area (Å²) in [5.41, 5.74) is 13.5. The van der Waals surface area contributed by atoms with Gasteiger partial charge in [-0.2, -0.15) is 0 Å². The average molecular weight is 196 g/mol. The summed E-state index contributed by atoms with van der Waals surface area (Å²) in [6.07, 6.45) is 0. The average Bonchev–Trinajstić information content (AvgIpc) is 2.11. The molecule has 4 N–H and O–H groups in total. The van der Waals surface area contributed by atoms with Crippen LogP contribution in [-0.2, 0) is 0 Å². The van der Waals surface area contributed by atoms with Crippen molar-refractivity contribution in [3.8, 4) is 0 Å². The molecule has 3 heteroatoms. The Morgan fingerprint density at radius 1 is 1.46 bits per heavy atom. The van der Waals surface area contributed by atoms with E-state index in [0.29, 0.717) is 11.8 Å². The van der Waals surface area contributed by atoms with E-state index in [1.807, 2.05) is 12.1 Å². The quantitative estimate of drug-likeness (QED) is 0.574. The Labute approximate surface area is 83.7 Å². The van der Waals surface area contributed by atoms with Crippen LogP contribution in [0.15, 0.2) is 23.1 Å². The molecule has 0 aliphatic rings. The maximum atomic E-state index is 5.83. The molecule has 2 nitrogen and oxygen atoms in total. The zero-order valence-corrected chi connectivity index (χ0v) is 8.90. The highest BCUT2D eigenvalue weighted by atomic mass is 32.2. The minimum Gasteiger partial charge on any atom is -0.398 e. The molecular formula is C10H16N2S. The summed E-state index contributed by atoms with van der Waals surface area (Å²) in [6.45, 7) is 4.85. The first-order valence-electron chi connectivity index (χ1n) is 4.36. The van der Waals surface area contributed by atoms with E-state index in [2.05, 4.69) is 19.9 Å². The summed E-state index contributed by atoms with van der Waals surface area (Å²) < 4.78 is 0. The molecule has 0 spiro atoms. The smallest absolute Gasteiger partial charge is 0.0452 e. The monoisotopic (exact) mass is 196 g/mol. The van der Waals surface area contributed by atoms with Crippen LogP contribution >= 0.6 is 11.8 Å². The number of nitrogen functional groups attached to an aromatic ring is 1. The topological polar surface area (TPSA) is 52.0 Å². The molecule has 1 aromatic carbocycles. The highest BCUT2D eigenvalue weighted by Gasteiger charge is 2.05. The Morgan fingerprint density at radius 2 is 2.15 bits per heavy atom. The first-order valence-corrected chi connectivity index (χ1v) is 5.24. The molecule has 0 amide bonds. The van der Waals surface area contributed by atoms with E-state index in [0.717, 1.165) is 10.6 Å². The van der Waals surface area contributed by atoms with Gasteiger partial charge in [-0.05, 0) is 24.6 Å². The van der Waals surface area contributed by atoms with Crippen LogP contribution in [0.4, 0.5) is 5.69 Å². The molecule has 0 radical (unpaired) electrons. The molecule has 0 aromatic heterocycles. The van der Waals surface area contributed by atoms with Crippen LogP contribution in [0, 0.1) is 6.92 Å². The molecule has 0 aliphatic carbocycles. The first kappa shape index (κ1) is 10.4. The standard InChI is InChI=1S/C10H16N2S/c1-7-3-4-9(12)10(5-7)13-8(2)6-11/h3-5,8H,6,11-12H2,1-2H3. The lowest BCUT2D eigenvalue weighted by molar-refractivity contribution is 0.951. The zero-order valence-electron chi connectivity index (χ0n) is 8.08. The molecule has 0 aliphatic heterocycles. The molecule has 72 valence electrons. The molecule has 0 saturated carbocycles. The van der Waals surface area contributed by atoms with E-state index in [-0.39, 0.29) is 0 Å². The van der Waals surface area contributed by atoms with E-state index in [1.54, 1.807) is 11.8 Å². The molecular weight excluding hydrogens is 180 g/mol. The van der Waals surface area contributed by atoms with Crippen molar-refractivity contribution < 1.29 is 0 Å². The van der Waals surface area contributed by atoms with Crippen LogP contribution in [0.5, 0.6) is 0 Å². The largest absolute Gasteiger partial charge is 0.398 e. The van der Waals surface area contributed by atoms with Crippen molar-refractivity contribution in [1.29, 1.82) is 0 Å². The zero-order chi connectivity index (χ0) is 9.84. The number of benzene rings is 1. The van der Waals surface area contributed by atoms with Crippen molar-refractivity contribution in [3.63, 3.8) is 0 Å². The van der Waals surface area contributed by atoms with Gasteiger partial charge in [0.05, 0.1) is 0 Å². The lowest BCUT2D eigenvalue weighted by atomic mass is 10.2. The van der Waals surface area contributed by atoms with Crippen molar-refractivity contribution in [2.45, 2.75) is 24.0 Å². The highest BCUT2D eigenvalue weighted by Crippen LogP contribution is 2.28. The minimum atomic E-state index is 0.420. The third-order valence-electron chi connectivity index (χ3n) is 1.83. The van der Waals surface area contributed by atoms with Gasteiger partial charge < -0.3 is 11.5 Å². The van der Waals surface area contributed by atoms with Gasteiger partial charge >= 0.3 is 0 Å². The number of rotatable bonds is 3. The number of aryl methyl sites for hydroxylation is 1. The van der Waals surface area contributed by atoms with Crippen LogP contribution in [0.3, 0.4) is 0 Å². The lowest BCUT2D eigenvalue weighted by Crippen LogP contribution is -2.12. The van der Waals surface area contributed by atoms with Crippen LogP contribution in [0.1, 0.15) is 12.5 Å². The maximum Gasteiger partial charge on any atom is 0.0452 e. The third-order valence-corrected chi connectivity index (χ3v) is 3.03. The van der Waals surface area contributed by atoms with Crippen molar-refractivity contribution in [2.75, 3.05) is 12.3 Å². The van der Waals surface area contributed by atoms with Gasteiger partial charge in [0.1, 0.15) is 0 Å². The second-order valence-corrected chi connectivity index (χ2v) is 4.69. The third kappa shape index (κ3) is 2.94. The molecule has 1 atom stereocenters. The highest BCUT2D eigenvalue weighted by molar-refractivity contribution is 8.00. The van der Waals surface area contributed by atoms with Gasteiger partial charge in [-0.1, -0.05) is 13.0 Å². The van der Waals surface area contributed by atoms with Crippen LogP contribution < -0.4 is 11.5 Å². The molecule has 1 rings (SSSR count). The van der Waals surface area contributed by atoms with Gasteiger partial charge in [0, 0.05) is 22.4 Å². The van der Waals surface area contributed by atoms with Gasteiger partial charge in [0.2, 0.25) is 0 Å². The summed E-state index contributed by atoms with van der Waals surface area (Å²) in [7, 11) is 0. The summed E-state index contributed by atoms with van der Waals surface area (Å²) in [6, 6.07) is 6.07. The molecule has 0 saturated heterocycles. The Bertz CT molecular complexity index is 286. The van der Waals surface area contributed by atoms with E-state index >= 15 is 0 Å².